The molecule has 8 nitrogen and oxygen atoms in total. The van der Waals surface area contributed by atoms with Crippen LogP contribution in [0.2, 0.25) is 0 Å². The topological polar surface area (TPSA) is 103 Å². The van der Waals surface area contributed by atoms with E-state index in [0.717, 1.165) is 21.8 Å². The maximum Gasteiger partial charge on any atom is 0.271 e. The van der Waals surface area contributed by atoms with E-state index in [1.54, 1.807) is 35.7 Å². The summed E-state index contributed by atoms with van der Waals surface area (Å²) in [6, 6.07) is 15.8. The van der Waals surface area contributed by atoms with Crippen molar-refractivity contribution >= 4 is 22.9 Å². The molecular weight excluding hydrogens is 414 g/mol. The summed E-state index contributed by atoms with van der Waals surface area (Å²) in [6.07, 6.45) is 2.29. The van der Waals surface area contributed by atoms with Crippen molar-refractivity contribution in [2.75, 3.05) is 6.54 Å². The van der Waals surface area contributed by atoms with Crippen LogP contribution in [-0.2, 0) is 6.42 Å². The summed E-state index contributed by atoms with van der Waals surface area (Å²) in [5.41, 5.74) is 3.89. The predicted molar refractivity (Wildman–Crippen MR) is 119 cm³/mol. The fraction of sp³-hybridized carbons (Fsp3) is 0.136. The Balaban J connectivity index is 1.33. The van der Waals surface area contributed by atoms with Gasteiger partial charge in [-0.15, -0.1) is 11.3 Å². The Labute approximate surface area is 182 Å². The van der Waals surface area contributed by atoms with E-state index in [4.69, 9.17) is 0 Å². The zero-order valence-corrected chi connectivity index (χ0v) is 17.5. The molecular formula is C22H19N5O3S. The number of nitrogens with zero attached hydrogens (tertiary/aromatic N) is 4. The largest absolute Gasteiger partial charge is 0.350 e. The van der Waals surface area contributed by atoms with Crippen LogP contribution >= 0.6 is 11.3 Å². The minimum absolute atomic E-state index is 0.0325. The first kappa shape index (κ1) is 20.4. The molecule has 2 aromatic carbocycles. The lowest BCUT2D eigenvalue weighted by Gasteiger charge is -2.05. The first-order valence-electron chi connectivity index (χ1n) is 9.60. The van der Waals surface area contributed by atoms with Crippen LogP contribution in [0.25, 0.3) is 16.9 Å². The molecule has 156 valence electrons. The second kappa shape index (κ2) is 8.88. The van der Waals surface area contributed by atoms with Gasteiger partial charge in [-0.2, -0.15) is 5.10 Å². The lowest BCUT2D eigenvalue weighted by molar-refractivity contribution is -0.384. The monoisotopic (exact) mass is 433 g/mol. The maximum absolute atomic E-state index is 12.4. The van der Waals surface area contributed by atoms with Gasteiger partial charge in [-0.05, 0) is 31.0 Å². The highest BCUT2D eigenvalue weighted by Crippen LogP contribution is 2.22. The number of carbonyl (C=O) groups is 1. The van der Waals surface area contributed by atoms with Crippen LogP contribution < -0.4 is 5.32 Å². The number of aromatic nitrogens is 3. The fourth-order valence-corrected chi connectivity index (χ4v) is 3.71. The average molecular weight is 433 g/mol. The molecule has 4 rings (SSSR count). The van der Waals surface area contributed by atoms with Crippen molar-refractivity contribution in [1.82, 2.24) is 20.1 Å². The molecule has 2 aromatic heterocycles. The van der Waals surface area contributed by atoms with E-state index in [9.17, 15) is 14.9 Å². The molecule has 2 heterocycles. The minimum atomic E-state index is -0.467. The predicted octanol–water partition coefficient (Wildman–Crippen LogP) is 4.18. The summed E-state index contributed by atoms with van der Waals surface area (Å²) >= 11 is 1.62. The van der Waals surface area contributed by atoms with Crippen LogP contribution in [-0.4, -0.2) is 32.1 Å². The molecule has 0 spiro atoms. The number of nitro groups is 1. The Bertz CT molecular complexity index is 1230. The molecule has 0 fully saturated rings. The molecule has 0 aliphatic rings. The number of amides is 1. The van der Waals surface area contributed by atoms with Gasteiger partial charge in [0, 0.05) is 35.8 Å². The van der Waals surface area contributed by atoms with Crippen LogP contribution in [0.15, 0.2) is 66.2 Å². The third kappa shape index (κ3) is 4.84. The number of benzene rings is 2. The quantitative estimate of drug-likeness (QED) is 0.348. The second-order valence-corrected chi connectivity index (χ2v) is 7.94. The van der Waals surface area contributed by atoms with Gasteiger partial charge in [-0.25, -0.2) is 9.67 Å². The van der Waals surface area contributed by atoms with E-state index < -0.39 is 4.92 Å². The third-order valence-electron chi connectivity index (χ3n) is 4.69. The Kier molecular flexibility index (Phi) is 5.85. The van der Waals surface area contributed by atoms with Crippen LogP contribution in [0.1, 0.15) is 21.1 Å². The van der Waals surface area contributed by atoms with Crippen molar-refractivity contribution < 1.29 is 9.72 Å². The maximum atomic E-state index is 12.4. The molecule has 0 aliphatic carbocycles. The Morgan fingerprint density at radius 2 is 2.00 bits per heavy atom. The summed E-state index contributed by atoms with van der Waals surface area (Å²) in [5, 5.41) is 21.1. The van der Waals surface area contributed by atoms with Gasteiger partial charge in [-0.3, -0.25) is 14.9 Å². The van der Waals surface area contributed by atoms with Crippen LogP contribution in [0.3, 0.4) is 0 Å². The lowest BCUT2D eigenvalue weighted by atomic mass is 10.1. The third-order valence-corrected chi connectivity index (χ3v) is 5.47. The molecule has 0 bridgehead atoms. The Morgan fingerprint density at radius 3 is 2.71 bits per heavy atom. The van der Waals surface area contributed by atoms with Gasteiger partial charge in [0.05, 0.1) is 21.3 Å². The number of rotatable bonds is 7. The molecule has 0 radical (unpaired) electrons. The highest BCUT2D eigenvalue weighted by molar-refractivity contribution is 7.09. The van der Waals surface area contributed by atoms with E-state index in [2.05, 4.69) is 15.4 Å². The highest BCUT2D eigenvalue weighted by Gasteiger charge is 2.12. The fourth-order valence-electron chi connectivity index (χ4n) is 3.09. The minimum Gasteiger partial charge on any atom is -0.350 e. The van der Waals surface area contributed by atoms with E-state index in [-0.39, 0.29) is 17.3 Å². The normalized spacial score (nSPS) is 10.7. The molecule has 31 heavy (non-hydrogen) atoms. The van der Waals surface area contributed by atoms with Gasteiger partial charge in [0.25, 0.3) is 11.6 Å². The highest BCUT2D eigenvalue weighted by atomic mass is 32.1. The number of hydrogen-bond acceptors (Lipinski definition) is 6. The van der Waals surface area contributed by atoms with Crippen molar-refractivity contribution in [3.05, 3.63) is 92.6 Å². The van der Waals surface area contributed by atoms with Gasteiger partial charge < -0.3 is 5.32 Å². The van der Waals surface area contributed by atoms with Gasteiger partial charge >= 0.3 is 0 Å². The van der Waals surface area contributed by atoms with Gasteiger partial charge in [0.15, 0.2) is 5.69 Å². The Hall–Kier alpha value is -3.85. The molecule has 0 saturated heterocycles. The summed E-state index contributed by atoms with van der Waals surface area (Å²) in [4.78, 5) is 27.3. The molecule has 9 heteroatoms. The smallest absolute Gasteiger partial charge is 0.271 e. The zero-order valence-electron chi connectivity index (χ0n) is 16.7. The number of hydrogen-bond donors (Lipinski definition) is 1. The summed E-state index contributed by atoms with van der Waals surface area (Å²) in [7, 11) is 0. The summed E-state index contributed by atoms with van der Waals surface area (Å²) < 4.78 is 1.45. The molecule has 0 unspecified atom stereocenters. The molecule has 4 aromatic rings. The standard InChI is InChI=1S/C22H19N5O3S/c1-15-24-21(14-31-15)17-7-5-16(6-8-17)9-11-23-22(28)20-10-12-26(25-20)18-3-2-4-19(13-18)27(29)30/h2-8,10,12-14H,9,11H2,1H3,(H,23,28). The van der Waals surface area contributed by atoms with Gasteiger partial charge in [0.2, 0.25) is 0 Å². The SMILES string of the molecule is Cc1nc(-c2ccc(CCNC(=O)c3ccn(-c4cccc([N+](=O)[O-])c4)n3)cc2)cs1. The number of nitro benzene ring substituents is 1. The van der Waals surface area contributed by atoms with Gasteiger partial charge in [0.1, 0.15) is 0 Å². The van der Waals surface area contributed by atoms with Crippen LogP contribution in [0.4, 0.5) is 5.69 Å². The van der Waals surface area contributed by atoms with Crippen molar-refractivity contribution in [3.8, 4) is 16.9 Å². The van der Waals surface area contributed by atoms with Crippen LogP contribution in [0, 0.1) is 17.0 Å². The van der Waals surface area contributed by atoms with Crippen molar-refractivity contribution in [2.24, 2.45) is 0 Å². The lowest BCUT2D eigenvalue weighted by Crippen LogP contribution is -2.26. The van der Waals surface area contributed by atoms with E-state index in [0.29, 0.717) is 18.7 Å². The zero-order chi connectivity index (χ0) is 21.8. The molecule has 0 saturated carbocycles. The number of nitrogens with one attached hydrogen (secondary N) is 1. The summed E-state index contributed by atoms with van der Waals surface area (Å²) in [6.45, 7) is 2.45. The van der Waals surface area contributed by atoms with Crippen molar-refractivity contribution in [1.29, 1.82) is 0 Å². The molecule has 1 amide bonds. The Morgan fingerprint density at radius 1 is 1.19 bits per heavy atom. The first-order chi connectivity index (χ1) is 15.0. The average Bonchev–Trinajstić information content (AvgIpc) is 3.44. The second-order valence-electron chi connectivity index (χ2n) is 6.88. The molecule has 0 aliphatic heterocycles. The number of non-ortho nitro benzene ring substituents is 1. The first-order valence-corrected chi connectivity index (χ1v) is 10.5. The van der Waals surface area contributed by atoms with Crippen molar-refractivity contribution in [3.63, 3.8) is 0 Å². The van der Waals surface area contributed by atoms with Crippen molar-refractivity contribution in [2.45, 2.75) is 13.3 Å². The number of thiazole rings is 1. The van der Waals surface area contributed by atoms with Gasteiger partial charge in [-0.1, -0.05) is 30.3 Å². The molecule has 1 N–H and O–H groups in total. The van der Waals surface area contributed by atoms with E-state index in [1.165, 1.54) is 16.8 Å². The van der Waals surface area contributed by atoms with E-state index in [1.807, 2.05) is 36.6 Å². The van der Waals surface area contributed by atoms with E-state index >= 15 is 0 Å². The number of aryl methyl sites for hydroxylation is 1. The number of carbonyl (C=O) groups excluding carboxylic acids is 1. The summed E-state index contributed by atoms with van der Waals surface area (Å²) in [5.74, 6) is -0.293. The van der Waals surface area contributed by atoms with Crippen LogP contribution in [0.5, 0.6) is 0 Å². The molecule has 0 atom stereocenters.